The maximum absolute atomic E-state index is 12.2. The molecule has 1 heterocycles. The standard InChI is InChI=1S/C19H15ClN2O6/c1-3-27-16-7-4-11(9-17(16)26-2)8-15-19(23)28-18(21-15)13-10-12(22(24)25)5-6-14(13)20/h4-10H,3H2,1-2H3/b15-8-. The van der Waals surface area contributed by atoms with Crippen LogP contribution in [-0.2, 0) is 9.53 Å². The van der Waals surface area contributed by atoms with Gasteiger partial charge in [0, 0.05) is 12.1 Å². The van der Waals surface area contributed by atoms with Gasteiger partial charge in [0.15, 0.2) is 17.2 Å². The van der Waals surface area contributed by atoms with E-state index in [9.17, 15) is 14.9 Å². The molecule has 0 aliphatic carbocycles. The number of halogens is 1. The first-order valence-electron chi connectivity index (χ1n) is 8.20. The average Bonchev–Trinajstić information content (AvgIpc) is 3.03. The maximum Gasteiger partial charge on any atom is 0.363 e. The van der Waals surface area contributed by atoms with Crippen LogP contribution in [0.2, 0.25) is 5.02 Å². The van der Waals surface area contributed by atoms with Gasteiger partial charge in [0.05, 0.1) is 29.2 Å². The van der Waals surface area contributed by atoms with Crippen molar-refractivity contribution in [1.29, 1.82) is 0 Å². The molecule has 144 valence electrons. The molecule has 0 radical (unpaired) electrons. The highest BCUT2D eigenvalue weighted by Gasteiger charge is 2.27. The monoisotopic (exact) mass is 402 g/mol. The molecule has 0 bridgehead atoms. The van der Waals surface area contributed by atoms with Crippen molar-refractivity contribution in [3.63, 3.8) is 0 Å². The van der Waals surface area contributed by atoms with E-state index >= 15 is 0 Å². The third kappa shape index (κ3) is 3.96. The zero-order chi connectivity index (χ0) is 20.3. The van der Waals surface area contributed by atoms with Crippen LogP contribution in [0.3, 0.4) is 0 Å². The van der Waals surface area contributed by atoms with Gasteiger partial charge in [-0.3, -0.25) is 10.1 Å². The summed E-state index contributed by atoms with van der Waals surface area (Å²) in [6.45, 7) is 2.35. The molecule has 0 saturated heterocycles. The lowest BCUT2D eigenvalue weighted by molar-refractivity contribution is -0.384. The van der Waals surface area contributed by atoms with Crippen LogP contribution in [0, 0.1) is 10.1 Å². The van der Waals surface area contributed by atoms with Gasteiger partial charge in [0.2, 0.25) is 5.90 Å². The van der Waals surface area contributed by atoms with E-state index < -0.39 is 10.9 Å². The summed E-state index contributed by atoms with van der Waals surface area (Å²) in [5.41, 5.74) is 0.648. The van der Waals surface area contributed by atoms with E-state index in [1.165, 1.54) is 31.4 Å². The summed E-state index contributed by atoms with van der Waals surface area (Å²) >= 11 is 6.08. The molecule has 0 N–H and O–H groups in total. The number of ether oxygens (including phenoxy) is 3. The predicted molar refractivity (Wildman–Crippen MR) is 103 cm³/mol. The number of nitro benzene ring substituents is 1. The van der Waals surface area contributed by atoms with Crippen molar-refractivity contribution in [1.82, 2.24) is 0 Å². The molecule has 0 aromatic heterocycles. The number of hydrogen-bond donors (Lipinski definition) is 0. The van der Waals surface area contributed by atoms with Crippen molar-refractivity contribution in [3.8, 4) is 11.5 Å². The number of hydrogen-bond acceptors (Lipinski definition) is 7. The Bertz CT molecular complexity index is 1020. The first-order chi connectivity index (χ1) is 13.4. The fourth-order valence-electron chi connectivity index (χ4n) is 2.52. The number of non-ortho nitro benzene ring substituents is 1. The van der Waals surface area contributed by atoms with E-state index in [1.54, 1.807) is 18.2 Å². The SMILES string of the molecule is CCOc1ccc(/C=C2\N=C(c3cc([N+](=O)[O-])ccc3Cl)OC2=O)cc1OC. The van der Waals surface area contributed by atoms with Crippen LogP contribution >= 0.6 is 11.6 Å². The lowest BCUT2D eigenvalue weighted by Gasteiger charge is -2.09. The van der Waals surface area contributed by atoms with Crippen LogP contribution in [-0.4, -0.2) is 30.5 Å². The second-order valence-corrected chi connectivity index (χ2v) is 6.01. The van der Waals surface area contributed by atoms with E-state index in [-0.39, 0.29) is 27.9 Å². The van der Waals surface area contributed by atoms with Gasteiger partial charge in [0.25, 0.3) is 5.69 Å². The first-order valence-corrected chi connectivity index (χ1v) is 8.58. The fraction of sp³-hybridized carbons (Fsp3) is 0.158. The van der Waals surface area contributed by atoms with Gasteiger partial charge in [-0.15, -0.1) is 0 Å². The number of carbonyl (C=O) groups is 1. The third-order valence-electron chi connectivity index (χ3n) is 3.80. The lowest BCUT2D eigenvalue weighted by Crippen LogP contribution is -2.06. The number of nitrogens with zero attached hydrogens (tertiary/aromatic N) is 2. The molecule has 2 aromatic rings. The topological polar surface area (TPSA) is 100 Å². The normalized spacial score (nSPS) is 14.6. The van der Waals surface area contributed by atoms with Gasteiger partial charge in [-0.05, 0) is 36.8 Å². The van der Waals surface area contributed by atoms with Crippen molar-refractivity contribution in [3.05, 3.63) is 68.4 Å². The maximum atomic E-state index is 12.2. The minimum absolute atomic E-state index is 0.0313. The average molecular weight is 403 g/mol. The van der Waals surface area contributed by atoms with Crippen molar-refractivity contribution >= 4 is 35.2 Å². The molecule has 9 heteroatoms. The van der Waals surface area contributed by atoms with Crippen LogP contribution in [0.1, 0.15) is 18.1 Å². The van der Waals surface area contributed by atoms with Crippen LogP contribution in [0.4, 0.5) is 5.69 Å². The first kappa shape index (κ1) is 19.4. The second-order valence-electron chi connectivity index (χ2n) is 5.60. The molecular weight excluding hydrogens is 388 g/mol. The predicted octanol–water partition coefficient (Wildman–Crippen LogP) is 4.00. The smallest absolute Gasteiger partial charge is 0.363 e. The molecular formula is C19H15ClN2O6. The fourth-order valence-corrected chi connectivity index (χ4v) is 2.72. The summed E-state index contributed by atoms with van der Waals surface area (Å²) in [5, 5.41) is 11.1. The highest BCUT2D eigenvalue weighted by atomic mass is 35.5. The molecule has 2 aromatic carbocycles. The molecule has 0 amide bonds. The number of aliphatic imine (C=N–C) groups is 1. The minimum atomic E-state index is -0.689. The van der Waals surface area contributed by atoms with Gasteiger partial charge < -0.3 is 14.2 Å². The molecule has 3 rings (SSSR count). The summed E-state index contributed by atoms with van der Waals surface area (Å²) in [4.78, 5) is 26.7. The number of cyclic esters (lactones) is 1. The van der Waals surface area contributed by atoms with Gasteiger partial charge in [-0.1, -0.05) is 17.7 Å². The molecule has 1 aliphatic heterocycles. The molecule has 0 saturated carbocycles. The Morgan fingerprint density at radius 1 is 1.25 bits per heavy atom. The summed E-state index contributed by atoms with van der Waals surface area (Å²) < 4.78 is 15.9. The molecule has 1 aliphatic rings. The van der Waals surface area contributed by atoms with E-state index in [1.807, 2.05) is 6.92 Å². The van der Waals surface area contributed by atoms with E-state index in [2.05, 4.69) is 4.99 Å². The number of methoxy groups -OCH3 is 1. The van der Waals surface area contributed by atoms with Crippen LogP contribution in [0.25, 0.3) is 6.08 Å². The van der Waals surface area contributed by atoms with Crippen molar-refractivity contribution in [2.45, 2.75) is 6.92 Å². The molecule has 0 unspecified atom stereocenters. The van der Waals surface area contributed by atoms with E-state index in [0.717, 1.165) is 0 Å². The van der Waals surface area contributed by atoms with Crippen molar-refractivity contribution in [2.75, 3.05) is 13.7 Å². The Morgan fingerprint density at radius 3 is 2.71 bits per heavy atom. The lowest BCUT2D eigenvalue weighted by atomic mass is 10.1. The molecule has 8 nitrogen and oxygen atoms in total. The molecule has 0 fully saturated rings. The largest absolute Gasteiger partial charge is 0.493 e. The van der Waals surface area contributed by atoms with Gasteiger partial charge in [-0.25, -0.2) is 9.79 Å². The summed E-state index contributed by atoms with van der Waals surface area (Å²) in [6.07, 6.45) is 1.51. The number of nitro groups is 1. The molecule has 0 atom stereocenters. The van der Waals surface area contributed by atoms with Crippen molar-refractivity contribution < 1.29 is 23.9 Å². The number of esters is 1. The van der Waals surface area contributed by atoms with Crippen LogP contribution in [0.15, 0.2) is 47.1 Å². The number of rotatable bonds is 6. The number of benzene rings is 2. The summed E-state index contributed by atoms with van der Waals surface area (Å²) in [7, 11) is 1.51. The zero-order valence-corrected chi connectivity index (χ0v) is 15.7. The van der Waals surface area contributed by atoms with Crippen LogP contribution in [0.5, 0.6) is 11.5 Å². The Balaban J connectivity index is 1.96. The van der Waals surface area contributed by atoms with Crippen LogP contribution < -0.4 is 9.47 Å². The van der Waals surface area contributed by atoms with Gasteiger partial charge in [-0.2, -0.15) is 0 Å². The number of carbonyl (C=O) groups excluding carboxylic acids is 1. The summed E-state index contributed by atoms with van der Waals surface area (Å²) in [6, 6.07) is 8.96. The zero-order valence-electron chi connectivity index (χ0n) is 15.0. The highest BCUT2D eigenvalue weighted by Crippen LogP contribution is 2.30. The third-order valence-corrected chi connectivity index (χ3v) is 4.13. The molecule has 28 heavy (non-hydrogen) atoms. The second kappa shape index (κ2) is 8.10. The van der Waals surface area contributed by atoms with E-state index in [4.69, 9.17) is 25.8 Å². The van der Waals surface area contributed by atoms with Crippen molar-refractivity contribution in [2.24, 2.45) is 4.99 Å². The molecule has 0 spiro atoms. The van der Waals surface area contributed by atoms with E-state index in [0.29, 0.717) is 23.7 Å². The Kier molecular flexibility index (Phi) is 5.60. The van der Waals surface area contributed by atoms with Gasteiger partial charge in [0.1, 0.15) is 0 Å². The highest BCUT2D eigenvalue weighted by molar-refractivity contribution is 6.34. The Labute approximate surface area is 165 Å². The summed E-state index contributed by atoms with van der Waals surface area (Å²) in [5.74, 6) is 0.301. The quantitative estimate of drug-likeness (QED) is 0.313. The minimum Gasteiger partial charge on any atom is -0.493 e. The Morgan fingerprint density at radius 2 is 2.04 bits per heavy atom. The Hall–Kier alpha value is -3.39. The van der Waals surface area contributed by atoms with Gasteiger partial charge >= 0.3 is 5.97 Å².